The van der Waals surface area contributed by atoms with Crippen molar-refractivity contribution in [3.05, 3.63) is 58.1 Å². The molecule has 0 saturated carbocycles. The summed E-state index contributed by atoms with van der Waals surface area (Å²) in [6.45, 7) is 2.77. The Morgan fingerprint density at radius 2 is 1.88 bits per heavy atom. The summed E-state index contributed by atoms with van der Waals surface area (Å²) in [6.07, 6.45) is 0. The molecule has 1 N–H and O–H groups in total. The molecule has 0 atom stereocenters. The normalized spacial score (nSPS) is 10.9. The highest BCUT2D eigenvalue weighted by molar-refractivity contribution is 7.87. The molecule has 0 heterocycles. The summed E-state index contributed by atoms with van der Waals surface area (Å²) in [7, 11) is -4.31. The van der Waals surface area contributed by atoms with Crippen molar-refractivity contribution in [1.29, 1.82) is 0 Å². The molecular formula is C15H14N2O6S. The van der Waals surface area contributed by atoms with Gasteiger partial charge in [0, 0.05) is 19.1 Å². The standard InChI is InChI=1S/C15H14N2O6S/c1-10-7-8-12(17(19)20)9-15(10)24(21,22)23-14-6-4-3-5-13(14)16-11(2)18/h3-9H,1-2H3,(H,16,18). The quantitative estimate of drug-likeness (QED) is 0.503. The zero-order chi connectivity index (χ0) is 17.9. The topological polar surface area (TPSA) is 116 Å². The van der Waals surface area contributed by atoms with E-state index in [-0.39, 0.29) is 22.0 Å². The molecule has 2 aromatic carbocycles. The van der Waals surface area contributed by atoms with Crippen LogP contribution in [0, 0.1) is 17.0 Å². The van der Waals surface area contributed by atoms with Gasteiger partial charge in [-0.05, 0) is 24.6 Å². The van der Waals surface area contributed by atoms with Crippen LogP contribution in [0.15, 0.2) is 47.4 Å². The second-order valence-corrected chi connectivity index (χ2v) is 6.44. The average Bonchev–Trinajstić information content (AvgIpc) is 2.48. The Balaban J connectivity index is 2.45. The number of benzene rings is 2. The lowest BCUT2D eigenvalue weighted by Crippen LogP contribution is -2.14. The van der Waals surface area contributed by atoms with Gasteiger partial charge in [-0.25, -0.2) is 0 Å². The van der Waals surface area contributed by atoms with Gasteiger partial charge in [0.15, 0.2) is 5.75 Å². The van der Waals surface area contributed by atoms with Crippen LogP contribution in [-0.4, -0.2) is 19.2 Å². The molecule has 0 aliphatic heterocycles. The van der Waals surface area contributed by atoms with Crippen LogP contribution < -0.4 is 9.50 Å². The summed E-state index contributed by atoms with van der Waals surface area (Å²) in [6, 6.07) is 9.46. The van der Waals surface area contributed by atoms with Crippen molar-refractivity contribution < 1.29 is 22.3 Å². The van der Waals surface area contributed by atoms with Crippen molar-refractivity contribution in [3.63, 3.8) is 0 Å². The number of hydrogen-bond acceptors (Lipinski definition) is 6. The Morgan fingerprint density at radius 1 is 1.21 bits per heavy atom. The molecule has 0 aromatic heterocycles. The zero-order valence-corrected chi connectivity index (χ0v) is 13.7. The van der Waals surface area contributed by atoms with Crippen LogP contribution in [0.5, 0.6) is 5.75 Å². The first-order chi connectivity index (χ1) is 11.2. The van der Waals surface area contributed by atoms with Crippen molar-refractivity contribution in [2.45, 2.75) is 18.7 Å². The van der Waals surface area contributed by atoms with Gasteiger partial charge in [0.25, 0.3) is 5.69 Å². The van der Waals surface area contributed by atoms with Crippen molar-refractivity contribution in [1.82, 2.24) is 0 Å². The highest BCUT2D eigenvalue weighted by Crippen LogP contribution is 2.29. The zero-order valence-electron chi connectivity index (χ0n) is 12.8. The Kier molecular flexibility index (Phi) is 4.84. The summed E-state index contributed by atoms with van der Waals surface area (Å²) in [5, 5.41) is 13.3. The molecular weight excluding hydrogens is 336 g/mol. The summed E-state index contributed by atoms with van der Waals surface area (Å²) in [5.74, 6) is -0.478. The summed E-state index contributed by atoms with van der Waals surface area (Å²) in [5.41, 5.74) is 0.118. The third kappa shape index (κ3) is 3.87. The first kappa shape index (κ1) is 17.4. The minimum Gasteiger partial charge on any atom is -0.377 e. The minimum atomic E-state index is -4.31. The SMILES string of the molecule is CC(=O)Nc1ccccc1OS(=O)(=O)c1cc([N+](=O)[O-])ccc1C. The molecule has 0 fully saturated rings. The number of hydrogen-bond donors (Lipinski definition) is 1. The van der Waals surface area contributed by atoms with Gasteiger partial charge in [0.2, 0.25) is 5.91 Å². The van der Waals surface area contributed by atoms with Gasteiger partial charge >= 0.3 is 10.1 Å². The number of carbonyl (C=O) groups is 1. The van der Waals surface area contributed by atoms with Crippen LogP contribution in [0.2, 0.25) is 0 Å². The second kappa shape index (κ2) is 6.67. The van der Waals surface area contributed by atoms with Crippen molar-refractivity contribution in [3.8, 4) is 5.75 Å². The van der Waals surface area contributed by atoms with Crippen LogP contribution in [-0.2, 0) is 14.9 Å². The number of nitro groups is 1. The summed E-state index contributed by atoms with van der Waals surface area (Å²) >= 11 is 0. The third-order valence-electron chi connectivity index (χ3n) is 3.05. The van der Waals surface area contributed by atoms with Gasteiger partial charge in [0.1, 0.15) is 4.90 Å². The molecule has 0 bridgehead atoms. The number of anilines is 1. The van der Waals surface area contributed by atoms with Crippen LogP contribution >= 0.6 is 0 Å². The molecule has 126 valence electrons. The number of nitrogens with one attached hydrogen (secondary N) is 1. The third-order valence-corrected chi connectivity index (χ3v) is 4.43. The Hall–Kier alpha value is -2.94. The van der Waals surface area contributed by atoms with Crippen molar-refractivity contribution in [2.75, 3.05) is 5.32 Å². The van der Waals surface area contributed by atoms with Crippen LogP contribution in [0.1, 0.15) is 12.5 Å². The molecule has 0 aliphatic carbocycles. The lowest BCUT2D eigenvalue weighted by atomic mass is 10.2. The number of nitro benzene ring substituents is 1. The lowest BCUT2D eigenvalue weighted by Gasteiger charge is -2.12. The monoisotopic (exact) mass is 350 g/mol. The maximum Gasteiger partial charge on any atom is 0.339 e. The number of non-ortho nitro benzene ring substituents is 1. The van der Waals surface area contributed by atoms with Crippen LogP contribution in [0.3, 0.4) is 0 Å². The fourth-order valence-electron chi connectivity index (χ4n) is 1.97. The molecule has 8 nitrogen and oxygen atoms in total. The van der Waals surface area contributed by atoms with E-state index in [1.807, 2.05) is 0 Å². The first-order valence-corrected chi connectivity index (χ1v) is 8.17. The van der Waals surface area contributed by atoms with Gasteiger partial charge < -0.3 is 9.50 Å². The van der Waals surface area contributed by atoms with Crippen LogP contribution in [0.25, 0.3) is 0 Å². The molecule has 24 heavy (non-hydrogen) atoms. The number of amides is 1. The number of aryl methyl sites for hydroxylation is 1. The highest BCUT2D eigenvalue weighted by atomic mass is 32.2. The number of para-hydroxylation sites is 2. The molecule has 0 saturated heterocycles. The smallest absolute Gasteiger partial charge is 0.339 e. The predicted molar refractivity (Wildman–Crippen MR) is 86.4 cm³/mol. The summed E-state index contributed by atoms with van der Waals surface area (Å²) < 4.78 is 30.0. The van der Waals surface area contributed by atoms with Gasteiger partial charge in [0.05, 0.1) is 10.6 Å². The predicted octanol–water partition coefficient (Wildman–Crippen LogP) is 2.63. The molecule has 2 aromatic rings. The molecule has 2 rings (SSSR count). The van der Waals surface area contributed by atoms with Crippen molar-refractivity contribution in [2.24, 2.45) is 0 Å². The van der Waals surface area contributed by atoms with E-state index in [4.69, 9.17) is 4.18 Å². The maximum atomic E-state index is 12.5. The Morgan fingerprint density at radius 3 is 2.50 bits per heavy atom. The largest absolute Gasteiger partial charge is 0.377 e. The molecule has 0 radical (unpaired) electrons. The molecule has 0 spiro atoms. The van der Waals surface area contributed by atoms with E-state index in [0.29, 0.717) is 5.56 Å². The lowest BCUT2D eigenvalue weighted by molar-refractivity contribution is -0.385. The Labute approximate surface area is 138 Å². The Bertz CT molecular complexity index is 908. The molecule has 1 amide bonds. The number of rotatable bonds is 5. The van der Waals surface area contributed by atoms with E-state index in [0.717, 1.165) is 6.07 Å². The fraction of sp³-hybridized carbons (Fsp3) is 0.133. The molecule has 0 unspecified atom stereocenters. The number of nitrogens with zero attached hydrogens (tertiary/aromatic N) is 1. The molecule has 9 heteroatoms. The van der Waals surface area contributed by atoms with E-state index >= 15 is 0 Å². The highest BCUT2D eigenvalue weighted by Gasteiger charge is 2.23. The average molecular weight is 350 g/mol. The maximum absolute atomic E-state index is 12.5. The number of carbonyl (C=O) groups excluding carboxylic acids is 1. The van der Waals surface area contributed by atoms with E-state index in [1.165, 1.54) is 44.2 Å². The molecule has 0 aliphatic rings. The van der Waals surface area contributed by atoms with Gasteiger partial charge in [-0.1, -0.05) is 18.2 Å². The first-order valence-electron chi connectivity index (χ1n) is 6.77. The van der Waals surface area contributed by atoms with E-state index in [9.17, 15) is 23.3 Å². The van der Waals surface area contributed by atoms with Gasteiger partial charge in [-0.3, -0.25) is 14.9 Å². The van der Waals surface area contributed by atoms with Gasteiger partial charge in [-0.15, -0.1) is 0 Å². The van der Waals surface area contributed by atoms with Crippen LogP contribution in [0.4, 0.5) is 11.4 Å². The van der Waals surface area contributed by atoms with E-state index < -0.39 is 20.9 Å². The minimum absolute atomic E-state index is 0.0846. The van der Waals surface area contributed by atoms with E-state index in [2.05, 4.69) is 5.32 Å². The second-order valence-electron chi connectivity index (χ2n) is 4.92. The van der Waals surface area contributed by atoms with Crippen molar-refractivity contribution >= 4 is 27.4 Å². The van der Waals surface area contributed by atoms with E-state index in [1.54, 1.807) is 6.07 Å². The summed E-state index contributed by atoms with van der Waals surface area (Å²) in [4.78, 5) is 21.0. The van der Waals surface area contributed by atoms with Gasteiger partial charge in [-0.2, -0.15) is 8.42 Å². The fourth-order valence-corrected chi connectivity index (χ4v) is 3.17.